The third kappa shape index (κ3) is 4.57. The van der Waals surface area contributed by atoms with Crippen LogP contribution in [0.3, 0.4) is 0 Å². The highest BCUT2D eigenvalue weighted by molar-refractivity contribution is 6.32. The second kappa shape index (κ2) is 11.6. The first-order chi connectivity index (χ1) is 24.2. The summed E-state index contributed by atoms with van der Waals surface area (Å²) in [5.41, 5.74) is 8.57. The van der Waals surface area contributed by atoms with E-state index in [1.54, 1.807) is 0 Å². The van der Waals surface area contributed by atoms with Gasteiger partial charge in [-0.15, -0.1) is 0 Å². The summed E-state index contributed by atoms with van der Waals surface area (Å²) in [6.45, 7) is 0. The van der Waals surface area contributed by atoms with Gasteiger partial charge in [-0.3, -0.25) is 0 Å². The van der Waals surface area contributed by atoms with Crippen LogP contribution in [0.2, 0.25) is 20.1 Å². The van der Waals surface area contributed by atoms with Crippen molar-refractivity contribution >= 4 is 46.4 Å². The molecular formula is C44H26Cl4O2. The van der Waals surface area contributed by atoms with Crippen molar-refractivity contribution < 1.29 is 10.2 Å². The van der Waals surface area contributed by atoms with Crippen LogP contribution in [0, 0.1) is 0 Å². The van der Waals surface area contributed by atoms with Gasteiger partial charge in [-0.1, -0.05) is 143 Å². The molecule has 0 aromatic heterocycles. The van der Waals surface area contributed by atoms with E-state index in [2.05, 4.69) is 24.3 Å². The summed E-state index contributed by atoms with van der Waals surface area (Å²) in [7, 11) is 0. The van der Waals surface area contributed by atoms with Crippen molar-refractivity contribution in [3.63, 3.8) is 0 Å². The average molecular weight is 729 g/mol. The first kappa shape index (κ1) is 31.6. The molecule has 0 amide bonds. The summed E-state index contributed by atoms with van der Waals surface area (Å²) < 4.78 is 0. The molecule has 2 N–H and O–H groups in total. The van der Waals surface area contributed by atoms with Gasteiger partial charge in [0.15, 0.2) is 0 Å². The van der Waals surface area contributed by atoms with Crippen LogP contribution < -0.4 is 0 Å². The lowest BCUT2D eigenvalue weighted by molar-refractivity contribution is 0.131. The van der Waals surface area contributed by atoms with Crippen molar-refractivity contribution in [2.75, 3.05) is 0 Å². The van der Waals surface area contributed by atoms with Gasteiger partial charge in [-0.05, 0) is 93.0 Å². The summed E-state index contributed by atoms with van der Waals surface area (Å²) in [5.74, 6) is 0. The molecule has 2 aliphatic carbocycles. The van der Waals surface area contributed by atoms with Crippen LogP contribution in [0.1, 0.15) is 33.4 Å². The first-order valence-corrected chi connectivity index (χ1v) is 17.6. The normalized spacial score (nSPS) is 14.5. The van der Waals surface area contributed by atoms with Crippen LogP contribution in [0.25, 0.3) is 44.5 Å². The van der Waals surface area contributed by atoms with E-state index in [0.717, 1.165) is 55.6 Å². The molecule has 0 atom stereocenters. The Bertz CT molecular complexity index is 2240. The quantitative estimate of drug-likeness (QED) is 0.189. The van der Waals surface area contributed by atoms with E-state index >= 15 is 0 Å². The molecule has 0 heterocycles. The molecule has 0 saturated heterocycles. The predicted molar refractivity (Wildman–Crippen MR) is 205 cm³/mol. The van der Waals surface area contributed by atoms with Gasteiger partial charge in [0.2, 0.25) is 0 Å². The summed E-state index contributed by atoms with van der Waals surface area (Å²) in [4.78, 5) is 0. The zero-order chi connectivity index (χ0) is 34.4. The third-order valence-corrected chi connectivity index (χ3v) is 11.1. The highest BCUT2D eigenvalue weighted by Gasteiger charge is 2.46. The average Bonchev–Trinajstić information content (AvgIpc) is 3.52. The largest absolute Gasteiger partial charge is 0.376 e. The van der Waals surface area contributed by atoms with Crippen LogP contribution in [0.4, 0.5) is 0 Å². The Morgan fingerprint density at radius 1 is 0.300 bits per heavy atom. The number of fused-ring (bicyclic) bond motifs is 6. The lowest BCUT2D eigenvalue weighted by Gasteiger charge is -2.30. The van der Waals surface area contributed by atoms with Gasteiger partial charge in [0.25, 0.3) is 0 Å². The second-order valence-electron chi connectivity index (χ2n) is 12.8. The molecule has 0 saturated carbocycles. The van der Waals surface area contributed by atoms with Crippen molar-refractivity contribution in [1.29, 1.82) is 0 Å². The number of aliphatic hydroxyl groups is 2. The van der Waals surface area contributed by atoms with Gasteiger partial charge < -0.3 is 10.2 Å². The van der Waals surface area contributed by atoms with Gasteiger partial charge in [0, 0.05) is 53.5 Å². The highest BCUT2D eigenvalue weighted by Crippen LogP contribution is 2.55. The Morgan fingerprint density at radius 2 is 0.580 bits per heavy atom. The summed E-state index contributed by atoms with van der Waals surface area (Å²) in [6, 6.07) is 46.5. The minimum atomic E-state index is -1.49. The number of benzene rings is 7. The molecule has 0 bridgehead atoms. The molecular weight excluding hydrogens is 702 g/mol. The maximum atomic E-state index is 12.8. The molecule has 50 heavy (non-hydrogen) atoms. The molecule has 9 rings (SSSR count). The molecule has 0 radical (unpaired) electrons. The van der Waals surface area contributed by atoms with Crippen LogP contribution >= 0.6 is 46.4 Å². The number of hydrogen-bond acceptors (Lipinski definition) is 2. The number of halogens is 4. The third-order valence-electron chi connectivity index (χ3n) is 10.2. The standard InChI is InChI=1S/C44H26Cl4O2/c45-27-13-17-33-34-18-14-28(46)22-40(34)43(49,39(33)21-27)37-7-3-1-5-31(37)25-9-11-26(12-10-25)32-6-2-4-8-38(32)44(50)41-23-29(47)15-19-35(41)36-20-16-30(48)24-42(36)44/h1-24,49-50H. The maximum absolute atomic E-state index is 12.8. The number of hydrogen-bond donors (Lipinski definition) is 2. The fourth-order valence-electron chi connectivity index (χ4n) is 8.00. The lowest BCUT2D eigenvalue weighted by atomic mass is 9.79. The molecule has 7 aromatic rings. The Kier molecular flexibility index (Phi) is 7.32. The van der Waals surface area contributed by atoms with Crippen LogP contribution in [-0.2, 0) is 11.2 Å². The Morgan fingerprint density at radius 3 is 0.880 bits per heavy atom. The molecule has 0 aliphatic heterocycles. The van der Waals surface area contributed by atoms with Crippen molar-refractivity contribution in [3.05, 3.63) is 199 Å². The van der Waals surface area contributed by atoms with E-state index in [1.807, 2.05) is 121 Å². The van der Waals surface area contributed by atoms with Crippen molar-refractivity contribution in [2.45, 2.75) is 11.2 Å². The van der Waals surface area contributed by atoms with Gasteiger partial charge in [0.1, 0.15) is 11.2 Å². The number of rotatable bonds is 4. The Hall–Kier alpha value is -4.38. The van der Waals surface area contributed by atoms with E-state index in [4.69, 9.17) is 46.4 Å². The molecule has 2 nitrogen and oxygen atoms in total. The van der Waals surface area contributed by atoms with Gasteiger partial charge >= 0.3 is 0 Å². The topological polar surface area (TPSA) is 40.5 Å². The highest BCUT2D eigenvalue weighted by atomic mass is 35.5. The van der Waals surface area contributed by atoms with Crippen molar-refractivity contribution in [2.24, 2.45) is 0 Å². The molecule has 6 heteroatoms. The van der Waals surface area contributed by atoms with Crippen LogP contribution in [0.5, 0.6) is 0 Å². The monoisotopic (exact) mass is 726 g/mol. The van der Waals surface area contributed by atoms with E-state index in [9.17, 15) is 10.2 Å². The zero-order valence-electron chi connectivity index (χ0n) is 26.3. The molecule has 0 fully saturated rings. The molecule has 2 aliphatic rings. The lowest BCUT2D eigenvalue weighted by Crippen LogP contribution is -2.27. The fourth-order valence-corrected chi connectivity index (χ4v) is 8.69. The summed E-state index contributed by atoms with van der Waals surface area (Å²) in [6.07, 6.45) is 0. The van der Waals surface area contributed by atoms with Gasteiger partial charge in [-0.2, -0.15) is 0 Å². The minimum absolute atomic E-state index is 0.542. The van der Waals surface area contributed by atoms with Crippen molar-refractivity contribution in [1.82, 2.24) is 0 Å². The summed E-state index contributed by atoms with van der Waals surface area (Å²) >= 11 is 26.1. The molecule has 0 unspecified atom stereocenters. The van der Waals surface area contributed by atoms with Gasteiger partial charge in [-0.25, -0.2) is 0 Å². The van der Waals surface area contributed by atoms with Crippen LogP contribution in [0.15, 0.2) is 146 Å². The molecule has 0 spiro atoms. The van der Waals surface area contributed by atoms with Crippen LogP contribution in [-0.4, -0.2) is 10.2 Å². The smallest absolute Gasteiger partial charge is 0.142 e. The van der Waals surface area contributed by atoms with E-state index in [0.29, 0.717) is 42.3 Å². The molecule has 242 valence electrons. The van der Waals surface area contributed by atoms with E-state index in [-0.39, 0.29) is 0 Å². The van der Waals surface area contributed by atoms with Crippen molar-refractivity contribution in [3.8, 4) is 44.5 Å². The SMILES string of the molecule is OC1(c2ccccc2-c2ccc(-c3ccccc3C3(O)c4cc(Cl)ccc4-c4ccc(Cl)cc43)cc2)c2cc(Cl)ccc2-c2ccc(Cl)cc21. The first-order valence-electron chi connectivity index (χ1n) is 16.1. The summed E-state index contributed by atoms with van der Waals surface area (Å²) in [5, 5.41) is 27.8. The van der Waals surface area contributed by atoms with Gasteiger partial charge in [0.05, 0.1) is 0 Å². The Balaban J connectivity index is 1.18. The Labute approximate surface area is 309 Å². The zero-order valence-corrected chi connectivity index (χ0v) is 29.3. The predicted octanol–water partition coefficient (Wildman–Crippen LogP) is 12.2. The van der Waals surface area contributed by atoms with E-state index in [1.165, 1.54) is 0 Å². The minimum Gasteiger partial charge on any atom is -0.376 e. The fraction of sp³-hybridized carbons (Fsp3) is 0.0455. The maximum Gasteiger partial charge on any atom is 0.142 e. The second-order valence-corrected chi connectivity index (χ2v) is 14.6. The van der Waals surface area contributed by atoms with E-state index < -0.39 is 11.2 Å². The molecule has 7 aromatic carbocycles.